The van der Waals surface area contributed by atoms with Crippen molar-refractivity contribution in [1.29, 1.82) is 0 Å². The van der Waals surface area contributed by atoms with Gasteiger partial charge in [0.1, 0.15) is 5.75 Å². The maximum absolute atomic E-state index is 9.61. The van der Waals surface area contributed by atoms with Crippen LogP contribution in [-0.2, 0) is 0 Å². The van der Waals surface area contributed by atoms with Crippen LogP contribution in [0.2, 0.25) is 0 Å². The summed E-state index contributed by atoms with van der Waals surface area (Å²) >= 11 is 2.06. The third kappa shape index (κ3) is 1.14. The summed E-state index contributed by atoms with van der Waals surface area (Å²) in [5.41, 5.74) is 0.829. The Morgan fingerprint density at radius 3 is 2.83 bits per heavy atom. The molecule has 2 nitrogen and oxygen atoms in total. The first-order valence-corrected chi connectivity index (χ1v) is 4.59. The zero-order valence-corrected chi connectivity index (χ0v) is 8.32. The van der Waals surface area contributed by atoms with Gasteiger partial charge in [0.15, 0.2) is 0 Å². The van der Waals surface area contributed by atoms with Crippen molar-refractivity contribution in [3.8, 4) is 5.75 Å². The normalized spacial score (nSPS) is 10.4. The summed E-state index contributed by atoms with van der Waals surface area (Å²) < 4.78 is 0.784. The van der Waals surface area contributed by atoms with Gasteiger partial charge < -0.3 is 5.11 Å². The molecule has 0 atom stereocenters. The molecule has 12 heavy (non-hydrogen) atoms. The number of para-hydroxylation sites is 1. The van der Waals surface area contributed by atoms with Crippen LogP contribution in [0, 0.1) is 3.57 Å². The average molecular weight is 271 g/mol. The van der Waals surface area contributed by atoms with Crippen LogP contribution in [0.3, 0.4) is 0 Å². The van der Waals surface area contributed by atoms with Crippen LogP contribution in [0.25, 0.3) is 10.9 Å². The lowest BCUT2D eigenvalue weighted by Crippen LogP contribution is -1.81. The zero-order chi connectivity index (χ0) is 8.55. The van der Waals surface area contributed by atoms with Crippen molar-refractivity contribution in [2.24, 2.45) is 0 Å². The molecule has 0 saturated heterocycles. The molecule has 0 aliphatic carbocycles. The van der Waals surface area contributed by atoms with Crippen molar-refractivity contribution < 1.29 is 5.11 Å². The molecule has 1 heterocycles. The van der Waals surface area contributed by atoms with Crippen LogP contribution in [0.4, 0.5) is 0 Å². The first-order valence-electron chi connectivity index (χ1n) is 3.51. The van der Waals surface area contributed by atoms with Crippen LogP contribution in [0.5, 0.6) is 5.75 Å². The number of halogens is 1. The predicted octanol–water partition coefficient (Wildman–Crippen LogP) is 2.54. The first-order chi connectivity index (χ1) is 5.79. The minimum absolute atomic E-state index is 0.321. The Labute approximate surface area is 83.4 Å². The summed E-state index contributed by atoms with van der Waals surface area (Å²) in [6, 6.07) is 7.53. The Morgan fingerprint density at radius 2 is 2.00 bits per heavy atom. The van der Waals surface area contributed by atoms with E-state index in [1.54, 1.807) is 6.20 Å². The van der Waals surface area contributed by atoms with Gasteiger partial charge in [-0.2, -0.15) is 0 Å². The molecule has 0 fully saturated rings. The van der Waals surface area contributed by atoms with Crippen molar-refractivity contribution in [2.45, 2.75) is 0 Å². The molecular weight excluding hydrogens is 265 g/mol. The number of benzene rings is 1. The molecule has 0 aliphatic rings. The molecule has 1 N–H and O–H groups in total. The Balaban J connectivity index is 2.91. The van der Waals surface area contributed by atoms with Crippen LogP contribution >= 0.6 is 22.6 Å². The van der Waals surface area contributed by atoms with Gasteiger partial charge in [-0.15, -0.1) is 0 Å². The SMILES string of the molecule is Oc1c(I)cnc2ccccc12. The van der Waals surface area contributed by atoms with E-state index in [4.69, 9.17) is 0 Å². The summed E-state index contributed by atoms with van der Waals surface area (Å²) in [5.74, 6) is 0.321. The van der Waals surface area contributed by atoms with Gasteiger partial charge in [0.25, 0.3) is 0 Å². The molecule has 0 amide bonds. The van der Waals surface area contributed by atoms with E-state index in [9.17, 15) is 5.11 Å². The van der Waals surface area contributed by atoms with Crippen LogP contribution in [-0.4, -0.2) is 10.1 Å². The number of rotatable bonds is 0. The van der Waals surface area contributed by atoms with Gasteiger partial charge in [-0.05, 0) is 34.7 Å². The molecule has 0 aliphatic heterocycles. The molecule has 2 aromatic rings. The van der Waals surface area contributed by atoms with Gasteiger partial charge >= 0.3 is 0 Å². The number of pyridine rings is 1. The lowest BCUT2D eigenvalue weighted by atomic mass is 10.2. The second kappa shape index (κ2) is 2.90. The number of hydrogen-bond donors (Lipinski definition) is 1. The van der Waals surface area contributed by atoms with Gasteiger partial charge in [0.2, 0.25) is 0 Å². The number of aromatic nitrogens is 1. The smallest absolute Gasteiger partial charge is 0.139 e. The molecule has 3 heteroatoms. The van der Waals surface area contributed by atoms with Crippen molar-refractivity contribution in [2.75, 3.05) is 0 Å². The molecule has 60 valence electrons. The molecule has 0 radical (unpaired) electrons. The summed E-state index contributed by atoms with van der Waals surface area (Å²) in [5, 5.41) is 10.4. The summed E-state index contributed by atoms with van der Waals surface area (Å²) in [7, 11) is 0. The maximum Gasteiger partial charge on any atom is 0.139 e. The van der Waals surface area contributed by atoms with E-state index in [-0.39, 0.29) is 0 Å². The zero-order valence-electron chi connectivity index (χ0n) is 6.16. The number of hydrogen-bond acceptors (Lipinski definition) is 2. The maximum atomic E-state index is 9.61. The second-order valence-corrected chi connectivity index (χ2v) is 3.63. The fourth-order valence-electron chi connectivity index (χ4n) is 1.10. The van der Waals surface area contributed by atoms with Crippen LogP contribution in [0.15, 0.2) is 30.5 Å². The van der Waals surface area contributed by atoms with E-state index in [0.29, 0.717) is 5.75 Å². The largest absolute Gasteiger partial charge is 0.506 e. The van der Waals surface area contributed by atoms with Gasteiger partial charge in [-0.3, -0.25) is 4.98 Å². The van der Waals surface area contributed by atoms with Gasteiger partial charge in [0.05, 0.1) is 9.09 Å². The highest BCUT2D eigenvalue weighted by Crippen LogP contribution is 2.27. The fourth-order valence-corrected chi connectivity index (χ4v) is 1.53. The number of fused-ring (bicyclic) bond motifs is 1. The summed E-state index contributed by atoms with van der Waals surface area (Å²) in [6.45, 7) is 0. The van der Waals surface area contributed by atoms with E-state index in [0.717, 1.165) is 14.5 Å². The van der Waals surface area contributed by atoms with Gasteiger partial charge in [-0.25, -0.2) is 0 Å². The van der Waals surface area contributed by atoms with Crippen LogP contribution in [0.1, 0.15) is 0 Å². The van der Waals surface area contributed by atoms with Gasteiger partial charge in [0, 0.05) is 11.6 Å². The minimum Gasteiger partial charge on any atom is -0.506 e. The average Bonchev–Trinajstić information content (AvgIpc) is 2.12. The Kier molecular flexibility index (Phi) is 1.88. The lowest BCUT2D eigenvalue weighted by molar-refractivity contribution is 0.477. The van der Waals surface area contributed by atoms with E-state index < -0.39 is 0 Å². The highest BCUT2D eigenvalue weighted by molar-refractivity contribution is 14.1. The Hall–Kier alpha value is -0.840. The van der Waals surface area contributed by atoms with Crippen molar-refractivity contribution >= 4 is 33.5 Å². The van der Waals surface area contributed by atoms with E-state index in [2.05, 4.69) is 27.6 Å². The highest BCUT2D eigenvalue weighted by Gasteiger charge is 2.02. The highest BCUT2D eigenvalue weighted by atomic mass is 127. The minimum atomic E-state index is 0.321. The summed E-state index contributed by atoms with van der Waals surface area (Å²) in [6.07, 6.45) is 1.66. The molecule has 0 bridgehead atoms. The third-order valence-electron chi connectivity index (χ3n) is 1.70. The number of nitrogens with zero attached hydrogens (tertiary/aromatic N) is 1. The molecule has 0 unspecified atom stereocenters. The summed E-state index contributed by atoms with van der Waals surface area (Å²) in [4.78, 5) is 4.17. The lowest BCUT2D eigenvalue weighted by Gasteiger charge is -2.00. The molecule has 0 spiro atoms. The Morgan fingerprint density at radius 1 is 1.25 bits per heavy atom. The molecule has 1 aromatic heterocycles. The molecular formula is C9H6INO. The number of aromatic hydroxyl groups is 1. The third-order valence-corrected chi connectivity index (χ3v) is 2.49. The van der Waals surface area contributed by atoms with Crippen molar-refractivity contribution in [3.63, 3.8) is 0 Å². The van der Waals surface area contributed by atoms with Gasteiger partial charge in [-0.1, -0.05) is 12.1 Å². The molecule has 1 aromatic carbocycles. The molecule has 0 saturated carbocycles. The Bertz CT molecular complexity index is 428. The van der Waals surface area contributed by atoms with Crippen LogP contribution < -0.4 is 0 Å². The second-order valence-electron chi connectivity index (χ2n) is 2.47. The quantitative estimate of drug-likeness (QED) is 0.747. The van der Waals surface area contributed by atoms with Crippen molar-refractivity contribution in [3.05, 3.63) is 34.0 Å². The van der Waals surface area contributed by atoms with E-state index >= 15 is 0 Å². The fraction of sp³-hybridized carbons (Fsp3) is 0. The first kappa shape index (κ1) is 7.79. The van der Waals surface area contributed by atoms with E-state index in [1.165, 1.54) is 0 Å². The monoisotopic (exact) mass is 271 g/mol. The van der Waals surface area contributed by atoms with E-state index in [1.807, 2.05) is 24.3 Å². The standard InChI is InChI=1S/C9H6INO/c10-7-5-11-8-4-2-1-3-6(8)9(7)12/h1-5H,(H,11,12). The van der Waals surface area contributed by atoms with Crippen molar-refractivity contribution in [1.82, 2.24) is 4.98 Å². The molecule has 2 rings (SSSR count). The predicted molar refractivity (Wildman–Crippen MR) is 56.1 cm³/mol. The topological polar surface area (TPSA) is 33.1 Å².